The minimum atomic E-state index is 0.576. The standard InChI is InChI=1S/C13H18ClN3/c14-12-2-1-11(7-16-12)8-17-5-3-13(4-6-17)9-15-10-13/h1-2,7,15H,3-6,8-10H2. The first kappa shape index (κ1) is 11.5. The first-order valence-electron chi connectivity index (χ1n) is 6.29. The van der Waals surface area contributed by atoms with Gasteiger partial charge in [0.15, 0.2) is 0 Å². The SMILES string of the molecule is Clc1ccc(CN2CCC3(CC2)CNC3)cn1. The summed E-state index contributed by atoms with van der Waals surface area (Å²) in [7, 11) is 0. The Hall–Kier alpha value is -0.640. The molecule has 4 heteroatoms. The van der Waals surface area contributed by atoms with Gasteiger partial charge in [0.1, 0.15) is 5.15 Å². The van der Waals surface area contributed by atoms with Gasteiger partial charge in [-0.25, -0.2) is 4.98 Å². The summed E-state index contributed by atoms with van der Waals surface area (Å²) < 4.78 is 0. The number of nitrogens with zero attached hydrogens (tertiary/aromatic N) is 2. The number of halogens is 1. The van der Waals surface area contributed by atoms with Crippen molar-refractivity contribution in [1.82, 2.24) is 15.2 Å². The first-order chi connectivity index (χ1) is 8.26. The Morgan fingerprint density at radius 2 is 2.06 bits per heavy atom. The quantitative estimate of drug-likeness (QED) is 0.814. The molecule has 0 saturated carbocycles. The minimum Gasteiger partial charge on any atom is -0.316 e. The number of likely N-dealkylation sites (tertiary alicyclic amines) is 1. The van der Waals surface area contributed by atoms with Crippen molar-refractivity contribution in [2.45, 2.75) is 19.4 Å². The van der Waals surface area contributed by atoms with Crippen LogP contribution in [0.2, 0.25) is 5.15 Å². The number of piperidine rings is 1. The summed E-state index contributed by atoms with van der Waals surface area (Å²) in [5.41, 5.74) is 1.89. The molecule has 1 aromatic heterocycles. The fourth-order valence-electron chi connectivity index (χ4n) is 2.78. The number of hydrogen-bond donors (Lipinski definition) is 1. The summed E-state index contributed by atoms with van der Waals surface area (Å²) in [5.74, 6) is 0. The van der Waals surface area contributed by atoms with Crippen LogP contribution in [0.15, 0.2) is 18.3 Å². The lowest BCUT2D eigenvalue weighted by Crippen LogP contribution is -2.58. The lowest BCUT2D eigenvalue weighted by atomic mass is 9.73. The second kappa shape index (κ2) is 4.56. The lowest BCUT2D eigenvalue weighted by molar-refractivity contribution is 0.0519. The molecule has 1 aromatic rings. The Kier molecular flexibility index (Phi) is 3.07. The van der Waals surface area contributed by atoms with Crippen molar-refractivity contribution in [1.29, 1.82) is 0 Å². The molecule has 92 valence electrons. The normalized spacial score (nSPS) is 23.6. The van der Waals surface area contributed by atoms with E-state index in [4.69, 9.17) is 11.6 Å². The summed E-state index contributed by atoms with van der Waals surface area (Å²) in [6.07, 6.45) is 4.56. The zero-order valence-corrected chi connectivity index (χ0v) is 10.7. The molecule has 0 bridgehead atoms. The first-order valence-corrected chi connectivity index (χ1v) is 6.67. The van der Waals surface area contributed by atoms with Crippen LogP contribution in [-0.4, -0.2) is 36.1 Å². The maximum absolute atomic E-state index is 5.79. The monoisotopic (exact) mass is 251 g/mol. The Labute approximate surface area is 107 Å². The van der Waals surface area contributed by atoms with Crippen LogP contribution >= 0.6 is 11.6 Å². The Bertz CT molecular complexity index is 376. The molecule has 2 aliphatic heterocycles. The summed E-state index contributed by atoms with van der Waals surface area (Å²) >= 11 is 5.79. The van der Waals surface area contributed by atoms with Crippen molar-refractivity contribution in [3.8, 4) is 0 Å². The Balaban J connectivity index is 1.55. The van der Waals surface area contributed by atoms with Gasteiger partial charge in [0.2, 0.25) is 0 Å². The Morgan fingerprint density at radius 1 is 1.29 bits per heavy atom. The minimum absolute atomic E-state index is 0.576. The van der Waals surface area contributed by atoms with Gasteiger partial charge in [-0.15, -0.1) is 0 Å². The third kappa shape index (κ3) is 2.46. The van der Waals surface area contributed by atoms with Crippen molar-refractivity contribution < 1.29 is 0 Å². The van der Waals surface area contributed by atoms with E-state index >= 15 is 0 Å². The van der Waals surface area contributed by atoms with Crippen molar-refractivity contribution in [2.75, 3.05) is 26.2 Å². The predicted molar refractivity (Wildman–Crippen MR) is 69.1 cm³/mol. The molecular weight excluding hydrogens is 234 g/mol. The molecule has 2 saturated heterocycles. The van der Waals surface area contributed by atoms with Gasteiger partial charge in [-0.2, -0.15) is 0 Å². The zero-order valence-electron chi connectivity index (χ0n) is 9.95. The van der Waals surface area contributed by atoms with Crippen LogP contribution in [-0.2, 0) is 6.54 Å². The van der Waals surface area contributed by atoms with Crippen LogP contribution in [0.1, 0.15) is 18.4 Å². The van der Waals surface area contributed by atoms with E-state index in [2.05, 4.69) is 21.3 Å². The van der Waals surface area contributed by atoms with Crippen LogP contribution in [0.5, 0.6) is 0 Å². The van der Waals surface area contributed by atoms with Gasteiger partial charge in [-0.3, -0.25) is 4.90 Å². The summed E-state index contributed by atoms with van der Waals surface area (Å²) in [6.45, 7) is 5.88. The van der Waals surface area contributed by atoms with E-state index in [-0.39, 0.29) is 0 Å². The smallest absolute Gasteiger partial charge is 0.129 e. The van der Waals surface area contributed by atoms with E-state index < -0.39 is 0 Å². The van der Waals surface area contributed by atoms with Crippen LogP contribution in [0, 0.1) is 5.41 Å². The molecule has 1 N–H and O–H groups in total. The van der Waals surface area contributed by atoms with Crippen LogP contribution in [0.3, 0.4) is 0 Å². The average molecular weight is 252 g/mol. The number of aromatic nitrogens is 1. The highest BCUT2D eigenvalue weighted by Crippen LogP contribution is 2.35. The van der Waals surface area contributed by atoms with E-state index in [1.165, 1.54) is 44.6 Å². The fourth-order valence-corrected chi connectivity index (χ4v) is 2.89. The van der Waals surface area contributed by atoms with Crippen molar-refractivity contribution >= 4 is 11.6 Å². The number of nitrogens with one attached hydrogen (secondary N) is 1. The second-order valence-corrected chi connectivity index (χ2v) is 5.76. The lowest BCUT2D eigenvalue weighted by Gasteiger charge is -2.48. The molecule has 2 aliphatic rings. The topological polar surface area (TPSA) is 28.2 Å². The van der Waals surface area contributed by atoms with Gasteiger partial charge < -0.3 is 5.32 Å². The maximum Gasteiger partial charge on any atom is 0.129 e. The average Bonchev–Trinajstić information content (AvgIpc) is 2.31. The van der Waals surface area contributed by atoms with Crippen molar-refractivity contribution in [3.05, 3.63) is 29.0 Å². The second-order valence-electron chi connectivity index (χ2n) is 5.37. The summed E-state index contributed by atoms with van der Waals surface area (Å²) in [6, 6.07) is 3.95. The van der Waals surface area contributed by atoms with E-state index in [1.807, 2.05) is 12.3 Å². The van der Waals surface area contributed by atoms with E-state index in [0.29, 0.717) is 10.6 Å². The molecule has 0 unspecified atom stereocenters. The third-order valence-corrected chi connectivity index (χ3v) is 4.34. The van der Waals surface area contributed by atoms with Crippen LogP contribution in [0.4, 0.5) is 0 Å². The highest BCUT2D eigenvalue weighted by Gasteiger charge is 2.39. The fraction of sp³-hybridized carbons (Fsp3) is 0.615. The van der Waals surface area contributed by atoms with Gasteiger partial charge in [-0.05, 0) is 43.0 Å². The molecule has 0 amide bonds. The molecular formula is C13H18ClN3. The summed E-state index contributed by atoms with van der Waals surface area (Å²) in [5, 5.41) is 3.98. The van der Waals surface area contributed by atoms with E-state index in [9.17, 15) is 0 Å². The molecule has 1 spiro atoms. The molecule has 0 atom stereocenters. The van der Waals surface area contributed by atoms with Gasteiger partial charge in [-0.1, -0.05) is 17.7 Å². The zero-order chi connectivity index (χ0) is 11.7. The van der Waals surface area contributed by atoms with Gasteiger partial charge >= 0.3 is 0 Å². The van der Waals surface area contributed by atoms with Gasteiger partial charge in [0, 0.05) is 25.8 Å². The largest absolute Gasteiger partial charge is 0.316 e. The van der Waals surface area contributed by atoms with Gasteiger partial charge in [0.25, 0.3) is 0 Å². The molecule has 0 aliphatic carbocycles. The highest BCUT2D eigenvalue weighted by atomic mass is 35.5. The number of pyridine rings is 1. The Morgan fingerprint density at radius 3 is 2.59 bits per heavy atom. The van der Waals surface area contributed by atoms with Gasteiger partial charge in [0.05, 0.1) is 0 Å². The molecule has 3 heterocycles. The number of hydrogen-bond acceptors (Lipinski definition) is 3. The molecule has 17 heavy (non-hydrogen) atoms. The third-order valence-electron chi connectivity index (χ3n) is 4.11. The van der Waals surface area contributed by atoms with Crippen molar-refractivity contribution in [2.24, 2.45) is 5.41 Å². The van der Waals surface area contributed by atoms with E-state index in [0.717, 1.165) is 6.54 Å². The van der Waals surface area contributed by atoms with Crippen LogP contribution in [0.25, 0.3) is 0 Å². The number of rotatable bonds is 2. The molecule has 2 fully saturated rings. The maximum atomic E-state index is 5.79. The molecule has 0 aromatic carbocycles. The summed E-state index contributed by atoms with van der Waals surface area (Å²) in [4.78, 5) is 6.65. The predicted octanol–water partition coefficient (Wildman–Crippen LogP) is 1.92. The highest BCUT2D eigenvalue weighted by molar-refractivity contribution is 6.29. The van der Waals surface area contributed by atoms with E-state index in [1.54, 1.807) is 0 Å². The van der Waals surface area contributed by atoms with Crippen molar-refractivity contribution in [3.63, 3.8) is 0 Å². The molecule has 3 rings (SSSR count). The molecule has 0 radical (unpaired) electrons. The van der Waals surface area contributed by atoms with Crippen LogP contribution < -0.4 is 5.32 Å². The molecule has 3 nitrogen and oxygen atoms in total.